The van der Waals surface area contributed by atoms with Gasteiger partial charge >= 0.3 is 0 Å². The van der Waals surface area contributed by atoms with E-state index in [4.69, 9.17) is 4.74 Å². The lowest BCUT2D eigenvalue weighted by molar-refractivity contribution is 0.243. The lowest BCUT2D eigenvalue weighted by Gasteiger charge is -2.11. The number of hydrogen-bond donors (Lipinski definition) is 0. The van der Waals surface area contributed by atoms with E-state index in [-0.39, 0.29) is 5.75 Å². The molecule has 0 fully saturated rings. The summed E-state index contributed by atoms with van der Waals surface area (Å²) in [6.45, 7) is 4.43. The van der Waals surface area contributed by atoms with Gasteiger partial charge in [-0.15, -0.1) is 0 Å². The highest BCUT2D eigenvalue weighted by Crippen LogP contribution is 2.19. The van der Waals surface area contributed by atoms with Gasteiger partial charge in [-0.2, -0.15) is 4.39 Å². The highest BCUT2D eigenvalue weighted by Gasteiger charge is 2.09. The second-order valence-electron chi connectivity index (χ2n) is 3.38. The fraction of sp³-hybridized carbons (Fsp3) is 0.455. The molecule has 0 aliphatic heterocycles. The average molecular weight is 200 g/mol. The molecule has 0 heterocycles. The minimum absolute atomic E-state index is 0.00898. The number of halogens is 2. The first-order chi connectivity index (χ1) is 6.65. The Bertz CT molecular complexity index is 299. The van der Waals surface area contributed by atoms with Gasteiger partial charge in [0.05, 0.1) is 6.61 Å². The first-order valence-corrected chi connectivity index (χ1v) is 4.72. The number of rotatable bonds is 4. The lowest BCUT2D eigenvalue weighted by atomic mass is 10.1. The molecule has 0 N–H and O–H groups in total. The third-order valence-corrected chi connectivity index (χ3v) is 2.14. The summed E-state index contributed by atoms with van der Waals surface area (Å²) < 4.78 is 30.9. The maximum absolute atomic E-state index is 13.1. The lowest BCUT2D eigenvalue weighted by Crippen LogP contribution is -2.08. The molecule has 14 heavy (non-hydrogen) atoms. The Morgan fingerprint density at radius 1 is 1.36 bits per heavy atom. The summed E-state index contributed by atoms with van der Waals surface area (Å²) in [5, 5.41) is 0. The molecule has 0 unspecified atom stereocenters. The monoisotopic (exact) mass is 200 g/mol. The van der Waals surface area contributed by atoms with E-state index in [0.29, 0.717) is 12.5 Å². The first kappa shape index (κ1) is 11.0. The van der Waals surface area contributed by atoms with Crippen molar-refractivity contribution in [3.63, 3.8) is 0 Å². The van der Waals surface area contributed by atoms with Gasteiger partial charge < -0.3 is 4.74 Å². The number of ether oxygens (including phenoxy) is 1. The molecule has 1 aromatic carbocycles. The Kier molecular flexibility index (Phi) is 3.86. The average Bonchev–Trinajstić information content (AvgIpc) is 2.20. The van der Waals surface area contributed by atoms with E-state index in [1.54, 1.807) is 0 Å². The molecule has 78 valence electrons. The molecule has 0 bridgehead atoms. The molecular weight excluding hydrogens is 186 g/mol. The van der Waals surface area contributed by atoms with Crippen LogP contribution >= 0.6 is 0 Å². The van der Waals surface area contributed by atoms with E-state index >= 15 is 0 Å². The van der Waals surface area contributed by atoms with E-state index in [0.717, 1.165) is 12.5 Å². The van der Waals surface area contributed by atoms with E-state index in [9.17, 15) is 8.78 Å². The summed E-state index contributed by atoms with van der Waals surface area (Å²) in [6, 6.07) is 3.94. The SMILES string of the molecule is CC[C@@H](C)COc1cccc(F)c1F. The molecule has 0 saturated heterocycles. The maximum atomic E-state index is 13.1. The first-order valence-electron chi connectivity index (χ1n) is 4.72. The third-order valence-electron chi connectivity index (χ3n) is 2.14. The van der Waals surface area contributed by atoms with Crippen molar-refractivity contribution < 1.29 is 13.5 Å². The summed E-state index contributed by atoms with van der Waals surface area (Å²) in [6.07, 6.45) is 0.955. The maximum Gasteiger partial charge on any atom is 0.200 e. The van der Waals surface area contributed by atoms with Crippen LogP contribution in [0.3, 0.4) is 0 Å². The van der Waals surface area contributed by atoms with Crippen LogP contribution in [0, 0.1) is 17.6 Å². The van der Waals surface area contributed by atoms with Gasteiger partial charge in [-0.05, 0) is 18.1 Å². The smallest absolute Gasteiger partial charge is 0.200 e. The van der Waals surface area contributed by atoms with Gasteiger partial charge in [-0.3, -0.25) is 0 Å². The molecule has 0 spiro atoms. The van der Waals surface area contributed by atoms with Crippen molar-refractivity contribution in [2.45, 2.75) is 20.3 Å². The molecule has 3 heteroatoms. The van der Waals surface area contributed by atoms with Crippen LogP contribution in [0.5, 0.6) is 5.75 Å². The summed E-state index contributed by atoms with van der Waals surface area (Å²) in [7, 11) is 0. The largest absolute Gasteiger partial charge is 0.490 e. The van der Waals surface area contributed by atoms with Crippen LogP contribution in [-0.2, 0) is 0 Å². The van der Waals surface area contributed by atoms with Crippen LogP contribution in [0.15, 0.2) is 18.2 Å². The zero-order valence-electron chi connectivity index (χ0n) is 8.39. The fourth-order valence-electron chi connectivity index (χ4n) is 0.945. The van der Waals surface area contributed by atoms with Crippen LogP contribution in [0.2, 0.25) is 0 Å². The van der Waals surface area contributed by atoms with Crippen LogP contribution in [0.25, 0.3) is 0 Å². The van der Waals surface area contributed by atoms with Crippen LogP contribution in [0.1, 0.15) is 20.3 Å². The molecule has 1 aromatic rings. The van der Waals surface area contributed by atoms with Crippen LogP contribution < -0.4 is 4.74 Å². The second-order valence-corrected chi connectivity index (χ2v) is 3.38. The summed E-state index contributed by atoms with van der Waals surface area (Å²) in [5.41, 5.74) is 0. The van der Waals surface area contributed by atoms with Crippen molar-refractivity contribution in [3.8, 4) is 5.75 Å². The van der Waals surface area contributed by atoms with Crippen molar-refractivity contribution in [1.29, 1.82) is 0 Å². The quantitative estimate of drug-likeness (QED) is 0.723. The van der Waals surface area contributed by atoms with Crippen molar-refractivity contribution in [1.82, 2.24) is 0 Å². The van der Waals surface area contributed by atoms with Gasteiger partial charge in [0.1, 0.15) is 0 Å². The van der Waals surface area contributed by atoms with Crippen LogP contribution in [0.4, 0.5) is 8.78 Å². The minimum atomic E-state index is -0.907. The molecule has 0 radical (unpaired) electrons. The molecular formula is C11H14F2O. The number of hydrogen-bond acceptors (Lipinski definition) is 1. The minimum Gasteiger partial charge on any atom is -0.490 e. The topological polar surface area (TPSA) is 9.23 Å². The van der Waals surface area contributed by atoms with Crippen LogP contribution in [-0.4, -0.2) is 6.61 Å². The van der Waals surface area contributed by atoms with Gasteiger partial charge in [-0.25, -0.2) is 4.39 Å². The molecule has 0 saturated carbocycles. The highest BCUT2D eigenvalue weighted by molar-refractivity contribution is 5.24. The second kappa shape index (κ2) is 4.94. The van der Waals surface area contributed by atoms with E-state index in [1.165, 1.54) is 12.1 Å². The Hall–Kier alpha value is -1.12. The number of benzene rings is 1. The summed E-state index contributed by atoms with van der Waals surface area (Å²) in [5.74, 6) is -1.44. The molecule has 0 amide bonds. The molecule has 0 aromatic heterocycles. The zero-order valence-corrected chi connectivity index (χ0v) is 8.39. The van der Waals surface area contributed by atoms with Gasteiger partial charge in [0.25, 0.3) is 0 Å². The summed E-state index contributed by atoms with van der Waals surface area (Å²) >= 11 is 0. The van der Waals surface area contributed by atoms with Gasteiger partial charge in [0.15, 0.2) is 11.6 Å². The van der Waals surface area contributed by atoms with Crippen molar-refractivity contribution >= 4 is 0 Å². The zero-order chi connectivity index (χ0) is 10.6. The fourth-order valence-corrected chi connectivity index (χ4v) is 0.945. The highest BCUT2D eigenvalue weighted by atomic mass is 19.2. The van der Waals surface area contributed by atoms with Crippen molar-refractivity contribution in [2.24, 2.45) is 5.92 Å². The third kappa shape index (κ3) is 2.69. The molecule has 0 aliphatic rings. The standard InChI is InChI=1S/C11H14F2O/c1-3-8(2)7-14-10-6-4-5-9(12)11(10)13/h4-6,8H,3,7H2,1-2H3/t8-/m1/s1. The normalized spacial score (nSPS) is 12.6. The molecule has 1 atom stereocenters. The van der Waals surface area contributed by atoms with E-state index in [1.807, 2.05) is 13.8 Å². The van der Waals surface area contributed by atoms with Gasteiger partial charge in [0.2, 0.25) is 5.82 Å². The predicted molar refractivity (Wildman–Crippen MR) is 51.3 cm³/mol. The van der Waals surface area contributed by atoms with Crippen molar-refractivity contribution in [2.75, 3.05) is 6.61 Å². The Balaban J connectivity index is 2.63. The summed E-state index contributed by atoms with van der Waals surface area (Å²) in [4.78, 5) is 0. The Morgan fingerprint density at radius 3 is 2.71 bits per heavy atom. The van der Waals surface area contributed by atoms with Gasteiger partial charge in [0, 0.05) is 0 Å². The Labute approximate surface area is 82.7 Å². The van der Waals surface area contributed by atoms with Gasteiger partial charge in [-0.1, -0.05) is 26.3 Å². The van der Waals surface area contributed by atoms with E-state index < -0.39 is 11.6 Å². The predicted octanol–water partition coefficient (Wildman–Crippen LogP) is 3.39. The Morgan fingerprint density at radius 2 is 2.07 bits per heavy atom. The molecule has 1 nitrogen and oxygen atoms in total. The van der Waals surface area contributed by atoms with E-state index in [2.05, 4.69) is 0 Å². The molecule has 0 aliphatic carbocycles. The molecule has 1 rings (SSSR count). The van der Waals surface area contributed by atoms with Crippen molar-refractivity contribution in [3.05, 3.63) is 29.8 Å².